The lowest BCUT2D eigenvalue weighted by Gasteiger charge is -2.12. The van der Waals surface area contributed by atoms with Gasteiger partial charge in [-0.15, -0.1) is 0 Å². The number of nitrogens with two attached hydrogens (primary N) is 1. The van der Waals surface area contributed by atoms with Gasteiger partial charge in [-0.1, -0.05) is 12.1 Å². The first-order valence-electron chi connectivity index (χ1n) is 7.56. The first kappa shape index (κ1) is 16.0. The quantitative estimate of drug-likeness (QED) is 0.728. The molecule has 6 nitrogen and oxygen atoms in total. The van der Waals surface area contributed by atoms with Crippen LogP contribution in [0.15, 0.2) is 47.5 Å². The molecule has 0 saturated carbocycles. The SMILES string of the molecule is COCCn1cnc2ccc(N)c(-c3ccc(OC)cc3)c2c1=O. The van der Waals surface area contributed by atoms with Crippen molar-refractivity contribution in [2.45, 2.75) is 6.54 Å². The summed E-state index contributed by atoms with van der Waals surface area (Å²) < 4.78 is 11.8. The minimum Gasteiger partial charge on any atom is -0.497 e. The summed E-state index contributed by atoms with van der Waals surface area (Å²) in [6.45, 7) is 0.877. The molecule has 0 saturated heterocycles. The fourth-order valence-electron chi connectivity index (χ4n) is 2.68. The van der Waals surface area contributed by atoms with Gasteiger partial charge in [-0.05, 0) is 29.8 Å². The lowest BCUT2D eigenvalue weighted by Crippen LogP contribution is -2.23. The summed E-state index contributed by atoms with van der Waals surface area (Å²) in [4.78, 5) is 17.3. The Kier molecular flexibility index (Phi) is 4.48. The van der Waals surface area contributed by atoms with E-state index in [1.54, 1.807) is 26.4 Å². The maximum absolute atomic E-state index is 12.9. The maximum Gasteiger partial charge on any atom is 0.261 e. The number of fused-ring (bicyclic) bond motifs is 1. The Morgan fingerprint density at radius 2 is 1.88 bits per heavy atom. The van der Waals surface area contributed by atoms with Gasteiger partial charge >= 0.3 is 0 Å². The van der Waals surface area contributed by atoms with E-state index in [1.807, 2.05) is 24.3 Å². The number of anilines is 1. The second kappa shape index (κ2) is 6.72. The summed E-state index contributed by atoms with van der Waals surface area (Å²) in [5.74, 6) is 0.744. The van der Waals surface area contributed by atoms with Crippen LogP contribution in [0.1, 0.15) is 0 Å². The van der Waals surface area contributed by atoms with Gasteiger partial charge in [0, 0.05) is 18.4 Å². The topological polar surface area (TPSA) is 79.4 Å². The molecule has 0 amide bonds. The summed E-state index contributed by atoms with van der Waals surface area (Å²) >= 11 is 0. The monoisotopic (exact) mass is 325 g/mol. The molecule has 0 fully saturated rings. The molecule has 124 valence electrons. The van der Waals surface area contributed by atoms with E-state index >= 15 is 0 Å². The molecule has 0 aliphatic rings. The Bertz CT molecular complexity index is 917. The van der Waals surface area contributed by atoms with E-state index in [9.17, 15) is 4.79 Å². The molecule has 0 unspecified atom stereocenters. The molecular formula is C18H19N3O3. The van der Waals surface area contributed by atoms with Crippen molar-refractivity contribution >= 4 is 16.6 Å². The second-order valence-corrected chi connectivity index (χ2v) is 5.39. The third-order valence-electron chi connectivity index (χ3n) is 3.94. The average molecular weight is 325 g/mol. The van der Waals surface area contributed by atoms with Crippen LogP contribution in [0.5, 0.6) is 5.75 Å². The number of methoxy groups -OCH3 is 2. The van der Waals surface area contributed by atoms with Gasteiger partial charge in [0.25, 0.3) is 5.56 Å². The van der Waals surface area contributed by atoms with E-state index in [0.29, 0.717) is 35.3 Å². The van der Waals surface area contributed by atoms with E-state index in [4.69, 9.17) is 15.2 Å². The van der Waals surface area contributed by atoms with Crippen LogP contribution in [0.25, 0.3) is 22.0 Å². The summed E-state index contributed by atoms with van der Waals surface area (Å²) in [6.07, 6.45) is 1.54. The van der Waals surface area contributed by atoms with Crippen LogP contribution >= 0.6 is 0 Å². The molecule has 3 rings (SSSR count). The molecule has 0 aliphatic carbocycles. The predicted molar refractivity (Wildman–Crippen MR) is 94.3 cm³/mol. The van der Waals surface area contributed by atoms with Crippen molar-refractivity contribution in [3.05, 3.63) is 53.1 Å². The highest BCUT2D eigenvalue weighted by Gasteiger charge is 2.14. The van der Waals surface area contributed by atoms with Gasteiger partial charge < -0.3 is 15.2 Å². The van der Waals surface area contributed by atoms with Gasteiger partial charge in [-0.3, -0.25) is 9.36 Å². The Balaban J connectivity index is 2.24. The summed E-state index contributed by atoms with van der Waals surface area (Å²) in [5.41, 5.74) is 8.75. The van der Waals surface area contributed by atoms with Crippen molar-refractivity contribution in [2.24, 2.45) is 0 Å². The Labute approximate surface area is 139 Å². The number of nitrogens with zero attached hydrogens (tertiary/aromatic N) is 2. The van der Waals surface area contributed by atoms with Gasteiger partial charge in [0.1, 0.15) is 5.75 Å². The molecule has 24 heavy (non-hydrogen) atoms. The van der Waals surface area contributed by atoms with Gasteiger partial charge in [0.2, 0.25) is 0 Å². The van der Waals surface area contributed by atoms with Crippen LogP contribution in [0.2, 0.25) is 0 Å². The highest BCUT2D eigenvalue weighted by Crippen LogP contribution is 2.32. The molecule has 6 heteroatoms. The number of benzene rings is 2. The fraction of sp³-hybridized carbons (Fsp3) is 0.222. The van der Waals surface area contributed by atoms with Gasteiger partial charge in [-0.25, -0.2) is 4.98 Å². The van der Waals surface area contributed by atoms with Crippen LogP contribution in [0.4, 0.5) is 5.69 Å². The van der Waals surface area contributed by atoms with Crippen LogP contribution in [-0.2, 0) is 11.3 Å². The third-order valence-corrected chi connectivity index (χ3v) is 3.94. The fourth-order valence-corrected chi connectivity index (χ4v) is 2.68. The molecule has 0 radical (unpaired) electrons. The summed E-state index contributed by atoms with van der Waals surface area (Å²) in [7, 11) is 3.21. The van der Waals surface area contributed by atoms with E-state index < -0.39 is 0 Å². The Morgan fingerprint density at radius 3 is 2.54 bits per heavy atom. The van der Waals surface area contributed by atoms with E-state index in [0.717, 1.165) is 11.3 Å². The second-order valence-electron chi connectivity index (χ2n) is 5.39. The lowest BCUT2D eigenvalue weighted by atomic mass is 9.99. The van der Waals surface area contributed by atoms with Crippen molar-refractivity contribution in [1.82, 2.24) is 9.55 Å². The predicted octanol–water partition coefficient (Wildman–Crippen LogP) is 2.30. The van der Waals surface area contributed by atoms with E-state index in [-0.39, 0.29) is 5.56 Å². The number of hydrogen-bond donors (Lipinski definition) is 1. The van der Waals surface area contributed by atoms with Crippen LogP contribution in [0.3, 0.4) is 0 Å². The van der Waals surface area contributed by atoms with Gasteiger partial charge in [-0.2, -0.15) is 0 Å². The van der Waals surface area contributed by atoms with Crippen LogP contribution in [-0.4, -0.2) is 30.4 Å². The van der Waals surface area contributed by atoms with Gasteiger partial charge in [0.05, 0.1) is 37.5 Å². The molecule has 1 heterocycles. The van der Waals surface area contributed by atoms with Crippen LogP contribution < -0.4 is 16.0 Å². The highest BCUT2D eigenvalue weighted by atomic mass is 16.5. The largest absolute Gasteiger partial charge is 0.497 e. The van der Waals surface area contributed by atoms with Crippen molar-refractivity contribution < 1.29 is 9.47 Å². The lowest BCUT2D eigenvalue weighted by molar-refractivity contribution is 0.186. The minimum atomic E-state index is -0.129. The Morgan fingerprint density at radius 1 is 1.12 bits per heavy atom. The average Bonchev–Trinajstić information content (AvgIpc) is 2.61. The smallest absolute Gasteiger partial charge is 0.261 e. The van der Waals surface area contributed by atoms with Crippen molar-refractivity contribution in [1.29, 1.82) is 0 Å². The van der Waals surface area contributed by atoms with Crippen molar-refractivity contribution in [3.8, 4) is 16.9 Å². The molecule has 2 aromatic carbocycles. The zero-order valence-corrected chi connectivity index (χ0v) is 13.7. The molecule has 3 aromatic rings. The number of nitrogen functional groups attached to an aromatic ring is 1. The zero-order valence-electron chi connectivity index (χ0n) is 13.7. The number of ether oxygens (including phenoxy) is 2. The molecule has 0 atom stereocenters. The standard InChI is InChI=1S/C18H19N3O3/c1-23-10-9-21-11-20-15-8-7-14(19)16(17(15)18(21)22)12-3-5-13(24-2)6-4-12/h3-8,11H,9-10,19H2,1-2H3. The van der Waals surface area contributed by atoms with E-state index in [2.05, 4.69) is 4.98 Å². The molecule has 2 N–H and O–H groups in total. The summed E-state index contributed by atoms with van der Waals surface area (Å²) in [6, 6.07) is 11.0. The summed E-state index contributed by atoms with van der Waals surface area (Å²) in [5, 5.41) is 0.513. The normalized spacial score (nSPS) is 10.9. The number of hydrogen-bond acceptors (Lipinski definition) is 5. The maximum atomic E-state index is 12.9. The molecule has 0 bridgehead atoms. The molecular weight excluding hydrogens is 306 g/mol. The highest BCUT2D eigenvalue weighted by molar-refractivity contribution is 6.00. The molecule has 1 aromatic heterocycles. The number of rotatable bonds is 5. The zero-order chi connectivity index (χ0) is 17.1. The third kappa shape index (κ3) is 2.83. The molecule has 0 spiro atoms. The van der Waals surface area contributed by atoms with E-state index in [1.165, 1.54) is 10.9 Å². The molecule has 0 aliphatic heterocycles. The van der Waals surface area contributed by atoms with Gasteiger partial charge in [0.15, 0.2) is 0 Å². The first-order valence-corrected chi connectivity index (χ1v) is 7.56. The van der Waals surface area contributed by atoms with Crippen molar-refractivity contribution in [3.63, 3.8) is 0 Å². The number of aromatic nitrogens is 2. The minimum absolute atomic E-state index is 0.129. The first-order chi connectivity index (χ1) is 11.7. The van der Waals surface area contributed by atoms with Crippen LogP contribution in [0, 0.1) is 0 Å². The van der Waals surface area contributed by atoms with Crippen molar-refractivity contribution in [2.75, 3.05) is 26.6 Å². The Hall–Kier alpha value is -2.86.